The van der Waals surface area contributed by atoms with Gasteiger partial charge in [-0.2, -0.15) is 0 Å². The number of nitrogens with one attached hydrogen (secondary N) is 2. The van der Waals surface area contributed by atoms with Gasteiger partial charge in [-0.3, -0.25) is 4.79 Å². The molecule has 3 nitrogen and oxygen atoms in total. The molecule has 0 aromatic carbocycles. The van der Waals surface area contributed by atoms with Crippen LogP contribution in [0.1, 0.15) is 32.1 Å². The minimum Gasteiger partial charge on any atom is -0.350 e. The molecule has 1 aliphatic carbocycles. The summed E-state index contributed by atoms with van der Waals surface area (Å²) in [5.74, 6) is 0.764. The highest BCUT2D eigenvalue weighted by atomic mass is 35.5. The molecule has 3 unspecified atom stereocenters. The summed E-state index contributed by atoms with van der Waals surface area (Å²) in [6.07, 6.45) is 6.07. The van der Waals surface area contributed by atoms with Gasteiger partial charge in [0.15, 0.2) is 0 Å². The second-order valence-electron chi connectivity index (χ2n) is 4.84. The van der Waals surface area contributed by atoms with Crippen LogP contribution in [0.15, 0.2) is 11.6 Å². The first-order valence-electron chi connectivity index (χ1n) is 6.04. The lowest BCUT2D eigenvalue weighted by molar-refractivity contribution is -0.122. The molecular weight excluding hydrogens is 224 g/mol. The number of halogens is 1. The lowest BCUT2D eigenvalue weighted by atomic mass is 9.85. The van der Waals surface area contributed by atoms with E-state index in [9.17, 15) is 4.79 Å². The summed E-state index contributed by atoms with van der Waals surface area (Å²) >= 11 is 5.62. The quantitative estimate of drug-likeness (QED) is 0.792. The predicted octanol–water partition coefficient (Wildman–Crippen LogP) is 1.78. The molecule has 1 heterocycles. The summed E-state index contributed by atoms with van der Waals surface area (Å²) in [6, 6.07) is 0.535. The van der Waals surface area contributed by atoms with Crippen molar-refractivity contribution in [3.63, 3.8) is 0 Å². The Hall–Kier alpha value is -0.540. The Kier molecular flexibility index (Phi) is 3.87. The zero-order valence-corrected chi connectivity index (χ0v) is 10.2. The zero-order valence-electron chi connectivity index (χ0n) is 9.47. The zero-order chi connectivity index (χ0) is 11.5. The molecule has 4 heteroatoms. The molecule has 2 N–H and O–H groups in total. The number of carbonyl (C=O) groups excluding carboxylic acids is 1. The highest BCUT2D eigenvalue weighted by molar-refractivity contribution is 6.29. The lowest BCUT2D eigenvalue weighted by Gasteiger charge is -2.24. The van der Waals surface area contributed by atoms with Crippen molar-refractivity contribution >= 4 is 17.5 Å². The number of fused-ring (bicyclic) bond motifs is 1. The fraction of sp³-hybridized carbons (Fsp3) is 0.750. The van der Waals surface area contributed by atoms with Gasteiger partial charge in [-0.15, -0.1) is 0 Å². The molecule has 1 aliphatic heterocycles. The largest absolute Gasteiger partial charge is 0.350 e. The second kappa shape index (κ2) is 5.19. The number of hydrogen-bond donors (Lipinski definition) is 2. The fourth-order valence-electron chi connectivity index (χ4n) is 2.83. The standard InChI is InChI=1S/C12H19ClN2O/c1-8(13)7-14-12(16)11-6-9-4-2-3-5-10(9)15-11/h9-11,15H,1-7H2,(H,14,16). The highest BCUT2D eigenvalue weighted by Crippen LogP contribution is 2.33. The van der Waals surface area contributed by atoms with Crippen LogP contribution in [-0.4, -0.2) is 24.5 Å². The van der Waals surface area contributed by atoms with E-state index < -0.39 is 0 Å². The smallest absolute Gasteiger partial charge is 0.237 e. The third-order valence-electron chi connectivity index (χ3n) is 3.63. The summed E-state index contributed by atoms with van der Waals surface area (Å²) in [6.45, 7) is 3.93. The van der Waals surface area contributed by atoms with E-state index in [1.54, 1.807) is 0 Å². The van der Waals surface area contributed by atoms with Gasteiger partial charge < -0.3 is 10.6 Å². The Bertz CT molecular complexity index is 279. The second-order valence-corrected chi connectivity index (χ2v) is 5.38. The molecule has 0 spiro atoms. The normalized spacial score (nSPS) is 33.2. The third-order valence-corrected chi connectivity index (χ3v) is 3.77. The highest BCUT2D eigenvalue weighted by Gasteiger charge is 2.37. The summed E-state index contributed by atoms with van der Waals surface area (Å²) in [4.78, 5) is 11.8. The summed E-state index contributed by atoms with van der Waals surface area (Å²) in [7, 11) is 0. The molecule has 1 amide bonds. The molecule has 16 heavy (non-hydrogen) atoms. The van der Waals surface area contributed by atoms with Crippen molar-refractivity contribution in [2.24, 2.45) is 5.92 Å². The maximum absolute atomic E-state index is 11.8. The minimum atomic E-state index is -0.0240. The van der Waals surface area contributed by atoms with E-state index in [0.717, 1.165) is 6.42 Å². The molecule has 1 saturated carbocycles. The molecular formula is C12H19ClN2O. The maximum Gasteiger partial charge on any atom is 0.237 e. The van der Waals surface area contributed by atoms with Gasteiger partial charge in [0, 0.05) is 11.1 Å². The van der Waals surface area contributed by atoms with Crippen molar-refractivity contribution < 1.29 is 4.79 Å². The van der Waals surface area contributed by atoms with Crippen LogP contribution in [0.5, 0.6) is 0 Å². The van der Waals surface area contributed by atoms with Gasteiger partial charge in [-0.05, 0) is 25.2 Å². The summed E-state index contributed by atoms with van der Waals surface area (Å²) in [5, 5.41) is 6.71. The molecule has 1 saturated heterocycles. The maximum atomic E-state index is 11.8. The molecule has 3 atom stereocenters. The first-order valence-corrected chi connectivity index (χ1v) is 6.41. The van der Waals surface area contributed by atoms with Crippen molar-refractivity contribution in [2.75, 3.05) is 6.54 Å². The van der Waals surface area contributed by atoms with E-state index >= 15 is 0 Å². The summed E-state index contributed by atoms with van der Waals surface area (Å²) < 4.78 is 0. The molecule has 0 bridgehead atoms. The number of amides is 1. The van der Waals surface area contributed by atoms with E-state index in [0.29, 0.717) is 23.5 Å². The first kappa shape index (κ1) is 11.9. The fourth-order valence-corrected chi connectivity index (χ4v) is 2.89. The average Bonchev–Trinajstić information content (AvgIpc) is 2.69. The minimum absolute atomic E-state index is 0.0240. The Labute approximate surface area is 102 Å². The molecule has 2 aliphatic rings. The molecule has 2 rings (SSSR count). The van der Waals surface area contributed by atoms with Gasteiger partial charge in [0.1, 0.15) is 0 Å². The van der Waals surface area contributed by atoms with Crippen LogP contribution in [0.25, 0.3) is 0 Å². The number of rotatable bonds is 3. The Morgan fingerprint density at radius 2 is 2.19 bits per heavy atom. The van der Waals surface area contributed by atoms with Gasteiger partial charge in [0.25, 0.3) is 0 Å². The summed E-state index contributed by atoms with van der Waals surface area (Å²) in [5.41, 5.74) is 0. The van der Waals surface area contributed by atoms with E-state index in [1.165, 1.54) is 25.7 Å². The van der Waals surface area contributed by atoms with E-state index in [2.05, 4.69) is 17.2 Å². The van der Waals surface area contributed by atoms with Gasteiger partial charge >= 0.3 is 0 Å². The number of carbonyl (C=O) groups is 1. The van der Waals surface area contributed by atoms with Crippen LogP contribution in [-0.2, 0) is 4.79 Å². The van der Waals surface area contributed by atoms with Crippen LogP contribution in [0.2, 0.25) is 0 Å². The van der Waals surface area contributed by atoms with Gasteiger partial charge in [-0.25, -0.2) is 0 Å². The predicted molar refractivity (Wildman–Crippen MR) is 65.3 cm³/mol. The Morgan fingerprint density at radius 1 is 1.44 bits per heavy atom. The van der Waals surface area contributed by atoms with Crippen LogP contribution >= 0.6 is 11.6 Å². The molecule has 90 valence electrons. The van der Waals surface area contributed by atoms with Crippen LogP contribution in [0.3, 0.4) is 0 Å². The topological polar surface area (TPSA) is 41.1 Å². The first-order chi connectivity index (χ1) is 7.66. The average molecular weight is 243 g/mol. The van der Waals surface area contributed by atoms with E-state index in [4.69, 9.17) is 11.6 Å². The lowest BCUT2D eigenvalue weighted by Crippen LogP contribution is -2.43. The van der Waals surface area contributed by atoms with Crippen molar-refractivity contribution in [3.8, 4) is 0 Å². The van der Waals surface area contributed by atoms with Crippen LogP contribution in [0, 0.1) is 5.92 Å². The van der Waals surface area contributed by atoms with Gasteiger partial charge in [0.2, 0.25) is 5.91 Å². The third kappa shape index (κ3) is 2.77. The van der Waals surface area contributed by atoms with E-state index in [-0.39, 0.29) is 11.9 Å². The Morgan fingerprint density at radius 3 is 2.88 bits per heavy atom. The van der Waals surface area contributed by atoms with Gasteiger partial charge in [0.05, 0.1) is 12.6 Å². The Balaban J connectivity index is 1.82. The van der Waals surface area contributed by atoms with Crippen LogP contribution < -0.4 is 10.6 Å². The van der Waals surface area contributed by atoms with Crippen molar-refractivity contribution in [1.29, 1.82) is 0 Å². The van der Waals surface area contributed by atoms with E-state index in [1.807, 2.05) is 0 Å². The van der Waals surface area contributed by atoms with Crippen LogP contribution in [0.4, 0.5) is 0 Å². The molecule has 0 radical (unpaired) electrons. The SMILES string of the molecule is C=C(Cl)CNC(=O)C1CC2CCCCC2N1. The number of hydrogen-bond acceptors (Lipinski definition) is 2. The molecule has 0 aromatic heterocycles. The van der Waals surface area contributed by atoms with Crippen molar-refractivity contribution in [2.45, 2.75) is 44.2 Å². The van der Waals surface area contributed by atoms with Crippen molar-refractivity contribution in [3.05, 3.63) is 11.6 Å². The molecule has 0 aromatic rings. The monoisotopic (exact) mass is 242 g/mol. The van der Waals surface area contributed by atoms with Crippen molar-refractivity contribution in [1.82, 2.24) is 10.6 Å². The van der Waals surface area contributed by atoms with Gasteiger partial charge in [-0.1, -0.05) is 31.0 Å². The molecule has 2 fully saturated rings.